The molecule has 4 saturated carbocycles. The van der Waals surface area contributed by atoms with Crippen molar-refractivity contribution in [3.63, 3.8) is 0 Å². The van der Waals surface area contributed by atoms with Gasteiger partial charge in [0.25, 0.3) is 0 Å². The Hall–Kier alpha value is -1.97. The Morgan fingerprint density at radius 1 is 0.933 bits per heavy atom. The third kappa shape index (κ3) is 2.31. The fourth-order valence-electron chi connectivity index (χ4n) is 8.46. The van der Waals surface area contributed by atoms with Gasteiger partial charge in [0.1, 0.15) is 5.78 Å². The molecule has 4 heteroatoms. The van der Waals surface area contributed by atoms with Gasteiger partial charge in [0.05, 0.1) is 23.4 Å². The predicted octanol–water partition coefficient (Wildman–Crippen LogP) is 5.37. The maximum absolute atomic E-state index is 13.3. The molecule has 4 fully saturated rings. The fourth-order valence-corrected chi connectivity index (χ4v) is 8.46. The first-order valence-corrected chi connectivity index (χ1v) is 11.9. The van der Waals surface area contributed by atoms with E-state index in [4.69, 9.17) is 0 Å². The highest BCUT2D eigenvalue weighted by Gasteiger charge is 2.62. The summed E-state index contributed by atoms with van der Waals surface area (Å²) >= 11 is 0. The molecule has 158 valence electrons. The highest BCUT2D eigenvalue weighted by atomic mass is 16.1. The second kappa shape index (κ2) is 6.27. The third-order valence-electron chi connectivity index (χ3n) is 10.1. The van der Waals surface area contributed by atoms with Crippen LogP contribution in [0.25, 0.3) is 11.0 Å². The van der Waals surface area contributed by atoms with Crippen LogP contribution >= 0.6 is 0 Å². The SMILES string of the molecule is C[C@]12CCC(=O)[C@@H](n3cnc4ccccc43)[C@@H]1CC[C@@H]1[C@@H]2CC[C@]2(C)C(=O)CC[C@@H]12. The fraction of sp³-hybridized carbons (Fsp3) is 0.654. The number of nitrogens with zero attached hydrogens (tertiary/aromatic N) is 2. The number of aromatic nitrogens is 2. The Morgan fingerprint density at radius 2 is 1.77 bits per heavy atom. The zero-order valence-electron chi connectivity index (χ0n) is 18.1. The first kappa shape index (κ1) is 18.8. The third-order valence-corrected chi connectivity index (χ3v) is 10.1. The number of para-hydroxylation sites is 2. The maximum Gasteiger partial charge on any atom is 0.155 e. The van der Waals surface area contributed by atoms with Crippen molar-refractivity contribution in [1.29, 1.82) is 0 Å². The summed E-state index contributed by atoms with van der Waals surface area (Å²) in [7, 11) is 0. The van der Waals surface area contributed by atoms with Crippen LogP contribution in [0.3, 0.4) is 0 Å². The van der Waals surface area contributed by atoms with Crippen molar-refractivity contribution in [1.82, 2.24) is 9.55 Å². The van der Waals surface area contributed by atoms with Crippen LogP contribution in [-0.4, -0.2) is 21.1 Å². The Bertz CT molecular complexity index is 1040. The molecule has 7 atom stereocenters. The molecule has 4 aliphatic carbocycles. The van der Waals surface area contributed by atoms with E-state index in [2.05, 4.69) is 29.5 Å². The van der Waals surface area contributed by atoms with Crippen molar-refractivity contribution in [2.24, 2.45) is 34.5 Å². The minimum absolute atomic E-state index is 0.0746. The van der Waals surface area contributed by atoms with Crippen LogP contribution in [-0.2, 0) is 9.59 Å². The van der Waals surface area contributed by atoms with Crippen molar-refractivity contribution in [2.45, 2.75) is 71.3 Å². The number of carbonyl (C=O) groups is 2. The van der Waals surface area contributed by atoms with Gasteiger partial charge in [-0.15, -0.1) is 0 Å². The second-order valence-corrected chi connectivity index (χ2v) is 11.0. The van der Waals surface area contributed by atoms with Gasteiger partial charge in [0.2, 0.25) is 0 Å². The van der Waals surface area contributed by atoms with Gasteiger partial charge in [-0.25, -0.2) is 4.98 Å². The number of rotatable bonds is 1. The summed E-state index contributed by atoms with van der Waals surface area (Å²) in [4.78, 5) is 30.6. The minimum atomic E-state index is -0.0874. The number of hydrogen-bond donors (Lipinski definition) is 0. The number of fused-ring (bicyclic) bond motifs is 6. The summed E-state index contributed by atoms with van der Waals surface area (Å²) in [5, 5.41) is 0. The molecule has 2 aromatic rings. The van der Waals surface area contributed by atoms with E-state index in [0.29, 0.717) is 41.7 Å². The Labute approximate surface area is 178 Å². The van der Waals surface area contributed by atoms with Gasteiger partial charge in [-0.2, -0.15) is 0 Å². The van der Waals surface area contributed by atoms with Gasteiger partial charge in [0, 0.05) is 18.3 Å². The summed E-state index contributed by atoms with van der Waals surface area (Å²) in [6.07, 6.45) is 9.94. The summed E-state index contributed by atoms with van der Waals surface area (Å²) < 4.78 is 2.19. The van der Waals surface area contributed by atoms with E-state index in [-0.39, 0.29) is 16.9 Å². The van der Waals surface area contributed by atoms with Gasteiger partial charge in [0.15, 0.2) is 5.78 Å². The monoisotopic (exact) mass is 404 g/mol. The van der Waals surface area contributed by atoms with Gasteiger partial charge in [-0.1, -0.05) is 26.0 Å². The van der Waals surface area contributed by atoms with E-state index in [1.807, 2.05) is 24.5 Å². The largest absolute Gasteiger partial charge is 0.320 e. The van der Waals surface area contributed by atoms with Crippen molar-refractivity contribution in [2.75, 3.05) is 0 Å². The molecule has 30 heavy (non-hydrogen) atoms. The lowest BCUT2D eigenvalue weighted by atomic mass is 9.44. The highest BCUT2D eigenvalue weighted by molar-refractivity contribution is 5.88. The zero-order valence-corrected chi connectivity index (χ0v) is 18.1. The molecule has 0 aliphatic heterocycles. The predicted molar refractivity (Wildman–Crippen MR) is 116 cm³/mol. The van der Waals surface area contributed by atoms with Crippen LogP contribution in [0, 0.1) is 34.5 Å². The number of ketones is 2. The summed E-state index contributed by atoms with van der Waals surface area (Å²) in [5.74, 6) is 3.14. The zero-order chi connectivity index (χ0) is 20.7. The Morgan fingerprint density at radius 3 is 2.63 bits per heavy atom. The van der Waals surface area contributed by atoms with E-state index in [1.165, 1.54) is 6.42 Å². The van der Waals surface area contributed by atoms with E-state index in [9.17, 15) is 9.59 Å². The van der Waals surface area contributed by atoms with Crippen molar-refractivity contribution in [3.8, 4) is 0 Å². The lowest BCUT2D eigenvalue weighted by Gasteiger charge is -2.60. The molecule has 0 radical (unpaired) electrons. The molecule has 1 heterocycles. The van der Waals surface area contributed by atoms with E-state index < -0.39 is 0 Å². The van der Waals surface area contributed by atoms with Crippen molar-refractivity contribution in [3.05, 3.63) is 30.6 Å². The Kier molecular flexibility index (Phi) is 3.93. The molecule has 1 aromatic carbocycles. The minimum Gasteiger partial charge on any atom is -0.320 e. The Balaban J connectivity index is 1.39. The van der Waals surface area contributed by atoms with Gasteiger partial charge in [-0.05, 0) is 79.7 Å². The molecule has 0 amide bonds. The summed E-state index contributed by atoms with van der Waals surface area (Å²) in [6.45, 7) is 4.73. The lowest BCUT2D eigenvalue weighted by molar-refractivity contribution is -0.151. The average Bonchev–Trinajstić information content (AvgIpc) is 3.29. The topological polar surface area (TPSA) is 52.0 Å². The molecule has 0 spiro atoms. The molecule has 6 rings (SSSR count). The number of Topliss-reactive ketones (excluding diaryl/α,β-unsaturated/α-hetero) is 2. The van der Waals surface area contributed by atoms with E-state index >= 15 is 0 Å². The van der Waals surface area contributed by atoms with Gasteiger partial charge >= 0.3 is 0 Å². The molecule has 4 nitrogen and oxygen atoms in total. The van der Waals surface area contributed by atoms with Crippen LogP contribution < -0.4 is 0 Å². The molecule has 4 aliphatic rings. The standard InChI is InChI=1S/C26H32N2O2/c1-25-14-12-22(29)24(28-15-27-20-5-3-4-6-21(20)28)19(25)8-7-16-17-9-10-23(30)26(17,2)13-11-18(16)25/h3-6,15-19,24H,7-14H2,1-2H3/t16-,17-,18-,19-,24-,25+,26-/m0/s1. The molecule has 0 saturated heterocycles. The van der Waals surface area contributed by atoms with Crippen LogP contribution in [0.15, 0.2) is 30.6 Å². The number of benzene rings is 1. The highest BCUT2D eigenvalue weighted by Crippen LogP contribution is 2.66. The van der Waals surface area contributed by atoms with Gasteiger partial charge < -0.3 is 4.57 Å². The maximum atomic E-state index is 13.3. The van der Waals surface area contributed by atoms with Gasteiger partial charge in [-0.3, -0.25) is 9.59 Å². The second-order valence-electron chi connectivity index (χ2n) is 11.0. The van der Waals surface area contributed by atoms with E-state index in [0.717, 1.165) is 49.6 Å². The molecule has 0 N–H and O–H groups in total. The number of carbonyl (C=O) groups excluding carboxylic acids is 2. The molecular weight excluding hydrogens is 372 g/mol. The molecule has 0 bridgehead atoms. The first-order chi connectivity index (χ1) is 14.4. The smallest absolute Gasteiger partial charge is 0.155 e. The summed E-state index contributed by atoms with van der Waals surface area (Å²) in [6, 6.07) is 8.11. The molecular formula is C26H32N2O2. The molecule has 1 aromatic heterocycles. The van der Waals surface area contributed by atoms with E-state index in [1.54, 1.807) is 0 Å². The lowest BCUT2D eigenvalue weighted by Crippen LogP contribution is -2.56. The van der Waals surface area contributed by atoms with Crippen LogP contribution in [0.5, 0.6) is 0 Å². The number of imidazole rings is 1. The summed E-state index contributed by atoms with van der Waals surface area (Å²) in [5.41, 5.74) is 2.17. The average molecular weight is 405 g/mol. The quantitative estimate of drug-likeness (QED) is 0.642. The van der Waals surface area contributed by atoms with Crippen LogP contribution in [0.1, 0.15) is 71.3 Å². The van der Waals surface area contributed by atoms with Crippen molar-refractivity contribution < 1.29 is 9.59 Å². The van der Waals surface area contributed by atoms with Crippen LogP contribution in [0.4, 0.5) is 0 Å². The normalized spacial score (nSPS) is 43.3. The first-order valence-electron chi connectivity index (χ1n) is 11.9. The van der Waals surface area contributed by atoms with Crippen LogP contribution in [0.2, 0.25) is 0 Å². The molecule has 0 unspecified atom stereocenters. The van der Waals surface area contributed by atoms with Crippen molar-refractivity contribution >= 4 is 22.6 Å². The number of hydrogen-bond acceptors (Lipinski definition) is 3.